The summed E-state index contributed by atoms with van der Waals surface area (Å²) in [7, 11) is 0. The first-order chi connectivity index (χ1) is 9.17. The number of nitrogens with zero attached hydrogens (tertiary/aromatic N) is 4. The number of carbonyl (C=O) groups excluding carboxylic acids is 1. The molecule has 6 heteroatoms. The largest absolute Gasteiger partial charge is 0.353 e. The van der Waals surface area contributed by atoms with E-state index in [1.54, 1.807) is 0 Å². The van der Waals surface area contributed by atoms with Crippen molar-refractivity contribution in [2.24, 2.45) is 0 Å². The summed E-state index contributed by atoms with van der Waals surface area (Å²) in [6.45, 7) is 7.21. The molecule has 1 aromatic rings. The molecule has 2 saturated heterocycles. The molecule has 1 atom stereocenters. The Morgan fingerprint density at radius 2 is 2.26 bits per heavy atom. The molecule has 0 spiro atoms. The molecule has 6 nitrogen and oxygen atoms in total. The Morgan fingerprint density at radius 1 is 1.42 bits per heavy atom. The number of anilines is 1. The van der Waals surface area contributed by atoms with Gasteiger partial charge in [-0.05, 0) is 13.3 Å². The van der Waals surface area contributed by atoms with Crippen LogP contribution in [0.1, 0.15) is 18.4 Å². The van der Waals surface area contributed by atoms with Gasteiger partial charge < -0.3 is 15.1 Å². The summed E-state index contributed by atoms with van der Waals surface area (Å²) in [6.07, 6.45) is 0.916. The van der Waals surface area contributed by atoms with E-state index in [9.17, 15) is 4.79 Å². The highest BCUT2D eigenvalue weighted by Crippen LogP contribution is 2.20. The van der Waals surface area contributed by atoms with Gasteiger partial charge in [0.1, 0.15) is 11.6 Å². The number of urea groups is 1. The zero-order valence-electron chi connectivity index (χ0n) is 11.4. The van der Waals surface area contributed by atoms with E-state index in [1.165, 1.54) is 0 Å². The normalized spacial score (nSPS) is 22.4. The lowest BCUT2D eigenvalue weighted by atomic mass is 10.2. The summed E-state index contributed by atoms with van der Waals surface area (Å²) in [6, 6.07) is 2.40. The van der Waals surface area contributed by atoms with Crippen molar-refractivity contribution >= 4 is 11.8 Å². The average Bonchev–Trinajstić information content (AvgIpc) is 2.79. The van der Waals surface area contributed by atoms with E-state index in [1.807, 2.05) is 11.8 Å². The molecule has 0 aliphatic carbocycles. The molecule has 19 heavy (non-hydrogen) atoms. The molecule has 1 unspecified atom stereocenters. The van der Waals surface area contributed by atoms with Gasteiger partial charge in [0.2, 0.25) is 0 Å². The summed E-state index contributed by atoms with van der Waals surface area (Å²) in [5.74, 6) is 1.81. The third kappa shape index (κ3) is 2.22. The van der Waals surface area contributed by atoms with E-state index in [4.69, 9.17) is 0 Å². The van der Waals surface area contributed by atoms with E-state index in [2.05, 4.69) is 33.2 Å². The van der Waals surface area contributed by atoms with Crippen LogP contribution in [0.2, 0.25) is 0 Å². The predicted octanol–water partition coefficient (Wildman–Crippen LogP) is 0.561. The van der Waals surface area contributed by atoms with Gasteiger partial charge in [0.25, 0.3) is 0 Å². The summed E-state index contributed by atoms with van der Waals surface area (Å²) >= 11 is 0. The van der Waals surface area contributed by atoms with E-state index in [0.717, 1.165) is 49.9 Å². The van der Waals surface area contributed by atoms with Gasteiger partial charge in [-0.15, -0.1) is 0 Å². The number of aryl methyl sites for hydroxylation is 2. The van der Waals surface area contributed by atoms with Crippen LogP contribution in [-0.4, -0.2) is 53.1 Å². The van der Waals surface area contributed by atoms with Crippen LogP contribution >= 0.6 is 0 Å². The molecule has 1 N–H and O–H groups in total. The molecular weight excluding hydrogens is 242 g/mol. The van der Waals surface area contributed by atoms with Gasteiger partial charge in [0, 0.05) is 37.9 Å². The smallest absolute Gasteiger partial charge is 0.317 e. The Labute approximate surface area is 112 Å². The second kappa shape index (κ2) is 4.68. The molecule has 1 aromatic heterocycles. The van der Waals surface area contributed by atoms with Crippen LogP contribution in [0, 0.1) is 6.92 Å². The molecule has 0 bridgehead atoms. The van der Waals surface area contributed by atoms with Crippen LogP contribution in [0.15, 0.2) is 6.07 Å². The standard InChI is InChI=1S/C13H19N5O/c1-3-10-6-12(16-9(2)15-10)17-4-5-18-11(8-17)7-14-13(18)19/h6,11H,3-5,7-8H2,1-2H3,(H,14,19). The minimum absolute atomic E-state index is 0.0674. The number of aromatic nitrogens is 2. The van der Waals surface area contributed by atoms with Gasteiger partial charge in [-0.1, -0.05) is 6.92 Å². The first-order valence-corrected chi connectivity index (χ1v) is 6.81. The van der Waals surface area contributed by atoms with Crippen molar-refractivity contribution in [3.63, 3.8) is 0 Å². The molecule has 3 rings (SSSR count). The number of hydrogen-bond donors (Lipinski definition) is 1. The number of piperazine rings is 1. The van der Waals surface area contributed by atoms with Crippen molar-refractivity contribution in [1.82, 2.24) is 20.2 Å². The molecule has 102 valence electrons. The summed E-state index contributed by atoms with van der Waals surface area (Å²) in [4.78, 5) is 24.7. The molecule has 2 aliphatic heterocycles. The average molecular weight is 261 g/mol. The van der Waals surface area contributed by atoms with Crippen molar-refractivity contribution in [3.8, 4) is 0 Å². The van der Waals surface area contributed by atoms with E-state index in [-0.39, 0.29) is 12.1 Å². The SMILES string of the molecule is CCc1cc(N2CCN3C(=O)NCC3C2)nc(C)n1. The number of nitrogens with one attached hydrogen (secondary N) is 1. The fourth-order valence-electron chi connectivity index (χ4n) is 2.77. The van der Waals surface area contributed by atoms with Crippen LogP contribution < -0.4 is 10.2 Å². The Morgan fingerprint density at radius 3 is 3.05 bits per heavy atom. The van der Waals surface area contributed by atoms with Crippen LogP contribution in [0.5, 0.6) is 0 Å². The number of amides is 2. The third-order valence-corrected chi connectivity index (χ3v) is 3.80. The van der Waals surface area contributed by atoms with E-state index >= 15 is 0 Å². The lowest BCUT2D eigenvalue weighted by Gasteiger charge is -2.37. The van der Waals surface area contributed by atoms with Crippen LogP contribution in [0.3, 0.4) is 0 Å². The van der Waals surface area contributed by atoms with Crippen molar-refractivity contribution in [2.75, 3.05) is 31.1 Å². The van der Waals surface area contributed by atoms with Gasteiger partial charge >= 0.3 is 6.03 Å². The van der Waals surface area contributed by atoms with Gasteiger partial charge in [0.05, 0.1) is 6.04 Å². The highest BCUT2D eigenvalue weighted by molar-refractivity contribution is 5.77. The first kappa shape index (κ1) is 12.2. The zero-order valence-corrected chi connectivity index (χ0v) is 11.4. The van der Waals surface area contributed by atoms with Crippen molar-refractivity contribution in [3.05, 3.63) is 17.6 Å². The van der Waals surface area contributed by atoms with Gasteiger partial charge in [-0.3, -0.25) is 0 Å². The highest BCUT2D eigenvalue weighted by atomic mass is 16.2. The molecule has 2 fully saturated rings. The van der Waals surface area contributed by atoms with Crippen LogP contribution in [0.25, 0.3) is 0 Å². The molecule has 0 saturated carbocycles. The maximum Gasteiger partial charge on any atom is 0.317 e. The fourth-order valence-corrected chi connectivity index (χ4v) is 2.77. The van der Waals surface area contributed by atoms with Gasteiger partial charge in [0.15, 0.2) is 0 Å². The van der Waals surface area contributed by atoms with Gasteiger partial charge in [-0.2, -0.15) is 0 Å². The fraction of sp³-hybridized carbons (Fsp3) is 0.615. The number of carbonyl (C=O) groups is 1. The highest BCUT2D eigenvalue weighted by Gasteiger charge is 2.35. The molecule has 2 aliphatic rings. The number of fused-ring (bicyclic) bond motifs is 1. The third-order valence-electron chi connectivity index (χ3n) is 3.80. The van der Waals surface area contributed by atoms with Crippen LogP contribution in [0.4, 0.5) is 10.6 Å². The monoisotopic (exact) mass is 261 g/mol. The number of rotatable bonds is 2. The molecule has 3 heterocycles. The molecule has 0 aromatic carbocycles. The lowest BCUT2D eigenvalue weighted by molar-refractivity contribution is 0.197. The minimum Gasteiger partial charge on any atom is -0.353 e. The summed E-state index contributed by atoms with van der Waals surface area (Å²) < 4.78 is 0. The summed E-state index contributed by atoms with van der Waals surface area (Å²) in [5.41, 5.74) is 1.07. The molecule has 0 radical (unpaired) electrons. The predicted molar refractivity (Wildman–Crippen MR) is 72.3 cm³/mol. The Kier molecular flexibility index (Phi) is 3.00. The second-order valence-electron chi connectivity index (χ2n) is 5.10. The van der Waals surface area contributed by atoms with Crippen molar-refractivity contribution in [2.45, 2.75) is 26.3 Å². The first-order valence-electron chi connectivity index (χ1n) is 6.81. The Balaban J connectivity index is 1.80. The zero-order chi connectivity index (χ0) is 13.4. The van der Waals surface area contributed by atoms with E-state index in [0.29, 0.717) is 0 Å². The molecular formula is C13H19N5O. The maximum atomic E-state index is 11.6. The Bertz CT molecular complexity index is 504. The topological polar surface area (TPSA) is 61.4 Å². The van der Waals surface area contributed by atoms with E-state index < -0.39 is 0 Å². The minimum atomic E-state index is 0.0674. The van der Waals surface area contributed by atoms with Crippen LogP contribution in [-0.2, 0) is 6.42 Å². The molecule has 2 amide bonds. The lowest BCUT2D eigenvalue weighted by Crippen LogP contribution is -2.52. The maximum absolute atomic E-state index is 11.6. The van der Waals surface area contributed by atoms with Crippen molar-refractivity contribution in [1.29, 1.82) is 0 Å². The summed E-state index contributed by atoms with van der Waals surface area (Å²) in [5, 5.41) is 2.90. The quantitative estimate of drug-likeness (QED) is 0.845. The van der Waals surface area contributed by atoms with Gasteiger partial charge in [-0.25, -0.2) is 14.8 Å². The van der Waals surface area contributed by atoms with Crippen molar-refractivity contribution < 1.29 is 4.79 Å². The second-order valence-corrected chi connectivity index (χ2v) is 5.10. The number of hydrogen-bond acceptors (Lipinski definition) is 4. The Hall–Kier alpha value is -1.85.